The van der Waals surface area contributed by atoms with Gasteiger partial charge in [0.2, 0.25) is 0 Å². The normalized spacial score (nSPS) is 32.1. The van der Waals surface area contributed by atoms with E-state index in [1.807, 2.05) is 12.3 Å². The molecule has 3 unspecified atom stereocenters. The SMILES string of the molecule is C=CCOC1CC2CC1N(Cc1nccs1)C2. The average molecular weight is 250 g/mol. The molecule has 0 amide bonds. The van der Waals surface area contributed by atoms with Crippen LogP contribution in [0.15, 0.2) is 24.2 Å². The predicted octanol–water partition coefficient (Wildman–Crippen LogP) is 2.31. The number of fused-ring (bicyclic) bond motifs is 2. The largest absolute Gasteiger partial charge is 0.373 e. The van der Waals surface area contributed by atoms with Crippen molar-refractivity contribution < 1.29 is 4.74 Å². The van der Waals surface area contributed by atoms with Crippen molar-refractivity contribution in [2.45, 2.75) is 31.5 Å². The number of ether oxygens (including phenoxy) is 1. The molecule has 1 aliphatic heterocycles. The lowest BCUT2D eigenvalue weighted by Crippen LogP contribution is -2.41. The quantitative estimate of drug-likeness (QED) is 0.750. The van der Waals surface area contributed by atoms with E-state index in [0.29, 0.717) is 18.8 Å². The van der Waals surface area contributed by atoms with Crippen molar-refractivity contribution in [3.63, 3.8) is 0 Å². The van der Waals surface area contributed by atoms with Gasteiger partial charge in [0.25, 0.3) is 0 Å². The summed E-state index contributed by atoms with van der Waals surface area (Å²) in [6.45, 7) is 6.61. The molecule has 3 nitrogen and oxygen atoms in total. The fourth-order valence-corrected chi connectivity index (χ4v) is 3.77. The maximum absolute atomic E-state index is 5.86. The van der Waals surface area contributed by atoms with E-state index < -0.39 is 0 Å². The zero-order valence-electron chi connectivity index (χ0n) is 9.92. The number of hydrogen-bond donors (Lipinski definition) is 0. The molecular weight excluding hydrogens is 232 g/mol. The lowest BCUT2D eigenvalue weighted by Gasteiger charge is -2.32. The van der Waals surface area contributed by atoms with Gasteiger partial charge < -0.3 is 4.74 Å². The van der Waals surface area contributed by atoms with Crippen LogP contribution in [0.25, 0.3) is 0 Å². The second kappa shape index (κ2) is 4.88. The average Bonchev–Trinajstić information content (AvgIpc) is 3.02. The molecule has 1 saturated carbocycles. The second-order valence-electron chi connectivity index (χ2n) is 4.92. The zero-order chi connectivity index (χ0) is 11.7. The standard InChI is InChI=1S/C13H18N2OS/c1-2-4-16-12-7-10-6-11(12)15(8-10)9-13-14-3-5-17-13/h2-3,5,10-12H,1,4,6-9H2. The molecular formula is C13H18N2OS. The van der Waals surface area contributed by atoms with Gasteiger partial charge >= 0.3 is 0 Å². The van der Waals surface area contributed by atoms with E-state index in [2.05, 4.69) is 21.8 Å². The van der Waals surface area contributed by atoms with Crippen LogP contribution in [-0.2, 0) is 11.3 Å². The van der Waals surface area contributed by atoms with Crippen molar-refractivity contribution in [2.75, 3.05) is 13.2 Å². The molecule has 92 valence electrons. The Balaban J connectivity index is 1.61. The molecule has 0 N–H and O–H groups in total. The monoisotopic (exact) mass is 250 g/mol. The predicted molar refractivity (Wildman–Crippen MR) is 69.0 cm³/mol. The third-order valence-corrected chi connectivity index (χ3v) is 4.55. The van der Waals surface area contributed by atoms with Crippen LogP contribution in [-0.4, -0.2) is 35.2 Å². The Kier molecular flexibility index (Phi) is 3.27. The number of piperidine rings is 1. The van der Waals surface area contributed by atoms with Gasteiger partial charge in [0.15, 0.2) is 0 Å². The van der Waals surface area contributed by atoms with Gasteiger partial charge in [-0.25, -0.2) is 4.98 Å². The van der Waals surface area contributed by atoms with E-state index >= 15 is 0 Å². The summed E-state index contributed by atoms with van der Waals surface area (Å²) >= 11 is 1.75. The van der Waals surface area contributed by atoms with E-state index in [1.54, 1.807) is 11.3 Å². The number of nitrogens with zero attached hydrogens (tertiary/aromatic N) is 2. The van der Waals surface area contributed by atoms with Crippen LogP contribution in [0.5, 0.6) is 0 Å². The van der Waals surface area contributed by atoms with Crippen LogP contribution in [0.1, 0.15) is 17.8 Å². The summed E-state index contributed by atoms with van der Waals surface area (Å²) in [5, 5.41) is 3.27. The van der Waals surface area contributed by atoms with Gasteiger partial charge in [-0.2, -0.15) is 0 Å². The summed E-state index contributed by atoms with van der Waals surface area (Å²) in [7, 11) is 0. The molecule has 1 aliphatic carbocycles. The third-order valence-electron chi connectivity index (χ3n) is 3.78. The molecule has 0 aromatic carbocycles. The minimum absolute atomic E-state index is 0.409. The minimum atomic E-state index is 0.409. The van der Waals surface area contributed by atoms with Crippen molar-refractivity contribution >= 4 is 11.3 Å². The highest BCUT2D eigenvalue weighted by atomic mass is 32.1. The van der Waals surface area contributed by atoms with Crippen molar-refractivity contribution in [3.05, 3.63) is 29.2 Å². The minimum Gasteiger partial charge on any atom is -0.373 e. The lowest BCUT2D eigenvalue weighted by atomic mass is 10.1. The first-order valence-corrected chi connectivity index (χ1v) is 7.09. The Labute approximate surface area is 106 Å². The van der Waals surface area contributed by atoms with Gasteiger partial charge in [-0.05, 0) is 18.8 Å². The number of aromatic nitrogens is 1. The Morgan fingerprint density at radius 2 is 2.53 bits per heavy atom. The highest BCUT2D eigenvalue weighted by molar-refractivity contribution is 7.09. The highest BCUT2D eigenvalue weighted by Crippen LogP contribution is 2.40. The fraction of sp³-hybridized carbons (Fsp3) is 0.615. The van der Waals surface area contributed by atoms with Crippen molar-refractivity contribution in [2.24, 2.45) is 5.92 Å². The summed E-state index contributed by atoms with van der Waals surface area (Å²) in [4.78, 5) is 6.91. The van der Waals surface area contributed by atoms with Crippen molar-refractivity contribution in [1.82, 2.24) is 9.88 Å². The van der Waals surface area contributed by atoms with Gasteiger partial charge in [-0.3, -0.25) is 4.90 Å². The summed E-state index contributed by atoms with van der Waals surface area (Å²) in [5.74, 6) is 0.828. The van der Waals surface area contributed by atoms with E-state index in [0.717, 1.165) is 12.5 Å². The molecule has 3 atom stereocenters. The Hall–Kier alpha value is -0.710. The van der Waals surface area contributed by atoms with E-state index in [9.17, 15) is 0 Å². The van der Waals surface area contributed by atoms with Crippen LogP contribution >= 0.6 is 11.3 Å². The van der Waals surface area contributed by atoms with Gasteiger partial charge in [-0.15, -0.1) is 17.9 Å². The maximum atomic E-state index is 5.86. The summed E-state index contributed by atoms with van der Waals surface area (Å²) < 4.78 is 5.86. The fourth-order valence-electron chi connectivity index (χ4n) is 3.13. The van der Waals surface area contributed by atoms with Crippen molar-refractivity contribution in [3.8, 4) is 0 Å². The molecule has 1 aromatic rings. The molecule has 0 radical (unpaired) electrons. The molecule has 2 fully saturated rings. The van der Waals surface area contributed by atoms with Crippen molar-refractivity contribution in [1.29, 1.82) is 0 Å². The summed E-state index contributed by atoms with van der Waals surface area (Å²) in [6, 6.07) is 0.601. The molecule has 1 aromatic heterocycles. The van der Waals surface area contributed by atoms with Crippen LogP contribution in [0.4, 0.5) is 0 Å². The van der Waals surface area contributed by atoms with E-state index in [1.165, 1.54) is 24.4 Å². The second-order valence-corrected chi connectivity index (χ2v) is 5.90. The zero-order valence-corrected chi connectivity index (χ0v) is 10.7. The summed E-state index contributed by atoms with van der Waals surface area (Å²) in [5.41, 5.74) is 0. The first-order valence-electron chi connectivity index (χ1n) is 6.21. The topological polar surface area (TPSA) is 25.4 Å². The number of thiazole rings is 1. The van der Waals surface area contributed by atoms with Gasteiger partial charge in [0, 0.05) is 24.2 Å². The molecule has 2 bridgehead atoms. The molecule has 3 rings (SSSR count). The Bertz CT molecular complexity index is 379. The molecule has 4 heteroatoms. The molecule has 17 heavy (non-hydrogen) atoms. The number of hydrogen-bond acceptors (Lipinski definition) is 4. The number of rotatable bonds is 5. The summed E-state index contributed by atoms with van der Waals surface area (Å²) in [6.07, 6.45) is 6.67. The van der Waals surface area contributed by atoms with Gasteiger partial charge in [0.05, 0.1) is 19.3 Å². The van der Waals surface area contributed by atoms with Crippen LogP contribution in [0.3, 0.4) is 0 Å². The first kappa shape index (κ1) is 11.4. The Morgan fingerprint density at radius 3 is 3.24 bits per heavy atom. The highest BCUT2D eigenvalue weighted by Gasteiger charge is 2.45. The molecule has 0 spiro atoms. The molecule has 2 heterocycles. The van der Waals surface area contributed by atoms with E-state index in [4.69, 9.17) is 4.74 Å². The van der Waals surface area contributed by atoms with Crippen LogP contribution in [0, 0.1) is 5.92 Å². The number of likely N-dealkylation sites (tertiary alicyclic amines) is 1. The lowest BCUT2D eigenvalue weighted by molar-refractivity contribution is -0.000180. The van der Waals surface area contributed by atoms with Crippen LogP contribution in [0.2, 0.25) is 0 Å². The van der Waals surface area contributed by atoms with E-state index in [-0.39, 0.29) is 0 Å². The van der Waals surface area contributed by atoms with Crippen LogP contribution < -0.4 is 0 Å². The van der Waals surface area contributed by atoms with Gasteiger partial charge in [-0.1, -0.05) is 6.08 Å². The maximum Gasteiger partial charge on any atom is 0.107 e. The van der Waals surface area contributed by atoms with Gasteiger partial charge in [0.1, 0.15) is 5.01 Å². The molecule has 1 saturated heterocycles. The Morgan fingerprint density at radius 1 is 1.59 bits per heavy atom. The molecule has 2 aliphatic rings. The third kappa shape index (κ3) is 2.30. The smallest absolute Gasteiger partial charge is 0.107 e. The first-order chi connectivity index (χ1) is 8.36.